The van der Waals surface area contributed by atoms with Gasteiger partial charge >= 0.3 is 6.09 Å². The van der Waals surface area contributed by atoms with Gasteiger partial charge in [-0.25, -0.2) is 14.7 Å². The third-order valence-corrected chi connectivity index (χ3v) is 4.41. The molecular weight excluding hydrogens is 387 g/mol. The maximum Gasteiger partial charge on any atom is 0.414 e. The summed E-state index contributed by atoms with van der Waals surface area (Å²) in [5.41, 5.74) is 2.14. The van der Waals surface area contributed by atoms with Crippen LogP contribution in [0.2, 0.25) is 0 Å². The van der Waals surface area contributed by atoms with Crippen LogP contribution in [0.4, 0.5) is 20.6 Å². The summed E-state index contributed by atoms with van der Waals surface area (Å²) in [5.74, 6) is -1.37. The van der Waals surface area contributed by atoms with Gasteiger partial charge in [-0.15, -0.1) is 0 Å². The number of anilines is 2. The normalized spacial score (nSPS) is 18.7. The Balaban J connectivity index is 1.65. The number of carbonyl (C=O) groups is 3. The molecule has 2 aliphatic heterocycles. The highest BCUT2D eigenvalue weighted by molar-refractivity contribution is 5.90. The van der Waals surface area contributed by atoms with Crippen molar-refractivity contribution in [1.29, 1.82) is 0 Å². The maximum atomic E-state index is 14.7. The second-order valence-corrected chi connectivity index (χ2v) is 6.54. The van der Waals surface area contributed by atoms with Crippen LogP contribution in [0.15, 0.2) is 23.3 Å². The average Bonchev–Trinajstić information content (AvgIpc) is 3.07. The molecule has 1 aromatic rings. The zero-order chi connectivity index (χ0) is 21.0. The Bertz CT molecular complexity index is 835. The molecule has 0 saturated carbocycles. The van der Waals surface area contributed by atoms with Gasteiger partial charge in [-0.1, -0.05) is 0 Å². The Morgan fingerprint density at radius 1 is 1.38 bits per heavy atom. The van der Waals surface area contributed by atoms with E-state index in [1.807, 2.05) is 0 Å². The van der Waals surface area contributed by atoms with E-state index in [-0.39, 0.29) is 31.2 Å². The standard InChI is InChI=1S/C17H21FN6O5/c1-11(25)19-7-13-8-24(17(27)29-13)12-2-3-15(14(18)6-12)22-4-5-23(20-10-22)9-16(26)21-28/h2-3,6,10,13,28H,4-5,7-9H2,1H3,(H,19,25)(H,21,26). The second-order valence-electron chi connectivity index (χ2n) is 6.54. The van der Waals surface area contributed by atoms with Gasteiger partial charge in [-0.3, -0.25) is 24.7 Å². The lowest BCUT2D eigenvalue weighted by Crippen LogP contribution is -2.42. The average molecular weight is 408 g/mol. The largest absolute Gasteiger partial charge is 0.442 e. The molecule has 1 atom stereocenters. The van der Waals surface area contributed by atoms with Crippen LogP contribution in [0, 0.1) is 5.82 Å². The Hall–Kier alpha value is -3.41. The molecule has 0 aromatic heterocycles. The van der Waals surface area contributed by atoms with Crippen LogP contribution < -0.4 is 20.6 Å². The fraction of sp³-hybridized carbons (Fsp3) is 0.412. The van der Waals surface area contributed by atoms with E-state index >= 15 is 0 Å². The molecule has 12 heteroatoms. The molecule has 11 nitrogen and oxygen atoms in total. The van der Waals surface area contributed by atoms with Crippen LogP contribution >= 0.6 is 0 Å². The summed E-state index contributed by atoms with van der Waals surface area (Å²) in [5, 5.41) is 16.6. The van der Waals surface area contributed by atoms with Gasteiger partial charge in [0, 0.05) is 13.5 Å². The van der Waals surface area contributed by atoms with Gasteiger partial charge in [-0.2, -0.15) is 5.10 Å². The lowest BCUT2D eigenvalue weighted by molar-refractivity contribution is -0.130. The number of nitrogens with zero attached hydrogens (tertiary/aromatic N) is 4. The number of ether oxygens (including phenoxy) is 1. The molecular formula is C17H21FN6O5. The highest BCUT2D eigenvalue weighted by Crippen LogP contribution is 2.28. The molecule has 0 bridgehead atoms. The van der Waals surface area contributed by atoms with Crippen molar-refractivity contribution < 1.29 is 28.7 Å². The van der Waals surface area contributed by atoms with Gasteiger partial charge in [0.2, 0.25) is 5.91 Å². The third kappa shape index (κ3) is 4.90. The molecule has 1 aromatic carbocycles. The quantitative estimate of drug-likeness (QED) is 0.442. The number of amides is 3. The number of nitrogens with one attached hydrogen (secondary N) is 2. The zero-order valence-corrected chi connectivity index (χ0v) is 15.7. The van der Waals surface area contributed by atoms with Gasteiger partial charge in [0.05, 0.1) is 31.0 Å². The molecule has 3 rings (SSSR count). The first-order valence-electron chi connectivity index (χ1n) is 8.88. The van der Waals surface area contributed by atoms with E-state index in [9.17, 15) is 18.8 Å². The second kappa shape index (κ2) is 8.73. The molecule has 3 N–H and O–H groups in total. The molecule has 1 fully saturated rings. The van der Waals surface area contributed by atoms with Gasteiger partial charge in [0.15, 0.2) is 0 Å². The molecule has 3 amide bonds. The summed E-state index contributed by atoms with van der Waals surface area (Å²) < 4.78 is 19.9. The van der Waals surface area contributed by atoms with Gasteiger partial charge in [-0.05, 0) is 18.2 Å². The molecule has 29 heavy (non-hydrogen) atoms. The van der Waals surface area contributed by atoms with Gasteiger partial charge in [0.25, 0.3) is 5.91 Å². The first-order chi connectivity index (χ1) is 13.9. The summed E-state index contributed by atoms with van der Waals surface area (Å²) in [6, 6.07) is 4.36. The van der Waals surface area contributed by atoms with Crippen molar-refractivity contribution in [3.8, 4) is 0 Å². The van der Waals surface area contributed by atoms with Crippen LogP contribution in [-0.4, -0.2) is 73.3 Å². The van der Waals surface area contributed by atoms with Gasteiger partial charge in [0.1, 0.15) is 24.8 Å². The Kier molecular flexibility index (Phi) is 6.12. The van der Waals surface area contributed by atoms with Crippen molar-refractivity contribution >= 4 is 35.6 Å². The summed E-state index contributed by atoms with van der Waals surface area (Å²) in [7, 11) is 0. The number of halogens is 1. The zero-order valence-electron chi connectivity index (χ0n) is 15.7. The topological polar surface area (TPSA) is 127 Å². The molecule has 0 radical (unpaired) electrons. The summed E-state index contributed by atoms with van der Waals surface area (Å²) in [6.45, 7) is 2.38. The van der Waals surface area contributed by atoms with E-state index in [4.69, 9.17) is 9.94 Å². The predicted molar refractivity (Wildman–Crippen MR) is 100 cm³/mol. The van der Waals surface area contributed by atoms with Crippen LogP contribution in [0.3, 0.4) is 0 Å². The molecule has 2 aliphatic rings. The minimum Gasteiger partial charge on any atom is -0.442 e. The van der Waals surface area contributed by atoms with E-state index in [1.54, 1.807) is 11.0 Å². The van der Waals surface area contributed by atoms with E-state index < -0.39 is 23.9 Å². The number of hydrogen-bond acceptors (Lipinski definition) is 8. The first kappa shape index (κ1) is 20.3. The molecule has 0 spiro atoms. The Morgan fingerprint density at radius 3 is 2.79 bits per heavy atom. The number of carbonyl (C=O) groups excluding carboxylic acids is 3. The smallest absolute Gasteiger partial charge is 0.414 e. The van der Waals surface area contributed by atoms with Crippen molar-refractivity contribution in [3.63, 3.8) is 0 Å². The minimum absolute atomic E-state index is 0.112. The van der Waals surface area contributed by atoms with Crippen molar-refractivity contribution in [2.75, 3.05) is 42.5 Å². The Morgan fingerprint density at radius 2 is 2.17 bits per heavy atom. The Labute approximate surface area is 165 Å². The molecule has 0 aliphatic carbocycles. The van der Waals surface area contributed by atoms with E-state index in [0.29, 0.717) is 18.8 Å². The van der Waals surface area contributed by atoms with E-state index in [1.165, 1.54) is 40.8 Å². The molecule has 1 saturated heterocycles. The monoisotopic (exact) mass is 408 g/mol. The molecule has 2 heterocycles. The lowest BCUT2D eigenvalue weighted by atomic mass is 10.2. The number of hydroxylamine groups is 1. The maximum absolute atomic E-state index is 14.7. The highest BCUT2D eigenvalue weighted by atomic mass is 19.1. The fourth-order valence-electron chi connectivity index (χ4n) is 2.97. The number of hydrazone groups is 1. The molecule has 1 unspecified atom stereocenters. The predicted octanol–water partition coefficient (Wildman–Crippen LogP) is -0.142. The number of rotatable bonds is 6. The van der Waals surface area contributed by atoms with Crippen LogP contribution in [0.5, 0.6) is 0 Å². The summed E-state index contributed by atoms with van der Waals surface area (Å²) in [4.78, 5) is 37.1. The van der Waals surface area contributed by atoms with Crippen LogP contribution in [0.25, 0.3) is 0 Å². The van der Waals surface area contributed by atoms with Crippen LogP contribution in [0.1, 0.15) is 6.92 Å². The van der Waals surface area contributed by atoms with Crippen LogP contribution in [-0.2, 0) is 14.3 Å². The third-order valence-electron chi connectivity index (χ3n) is 4.41. The number of hydrogen-bond donors (Lipinski definition) is 3. The molecule has 156 valence electrons. The van der Waals surface area contributed by atoms with Crippen molar-refractivity contribution in [2.24, 2.45) is 5.10 Å². The highest BCUT2D eigenvalue weighted by Gasteiger charge is 2.33. The number of cyclic esters (lactones) is 1. The first-order valence-corrected chi connectivity index (χ1v) is 8.88. The van der Waals surface area contributed by atoms with Crippen molar-refractivity contribution in [2.45, 2.75) is 13.0 Å². The summed E-state index contributed by atoms with van der Waals surface area (Å²) >= 11 is 0. The van der Waals surface area contributed by atoms with E-state index in [0.717, 1.165) is 0 Å². The number of benzene rings is 1. The summed E-state index contributed by atoms with van der Waals surface area (Å²) in [6.07, 6.45) is 0.273. The van der Waals surface area contributed by atoms with Gasteiger partial charge < -0.3 is 15.0 Å². The van der Waals surface area contributed by atoms with Crippen molar-refractivity contribution in [3.05, 3.63) is 24.0 Å². The fourth-order valence-corrected chi connectivity index (χ4v) is 2.97. The minimum atomic E-state index is -0.607. The van der Waals surface area contributed by atoms with Crippen molar-refractivity contribution in [1.82, 2.24) is 15.8 Å². The lowest BCUT2D eigenvalue weighted by Gasteiger charge is -2.29. The SMILES string of the molecule is CC(=O)NCC1CN(c2ccc(N3C=NN(CC(=O)NO)CC3)c(F)c2)C(=O)O1. The van der Waals surface area contributed by atoms with E-state index in [2.05, 4.69) is 10.4 Å².